The second kappa shape index (κ2) is 4.48. The number of rotatable bonds is 1. The van der Waals surface area contributed by atoms with E-state index in [9.17, 15) is 9.90 Å². The number of aromatic nitrogens is 2. The summed E-state index contributed by atoms with van der Waals surface area (Å²) in [6.45, 7) is 5.29. The summed E-state index contributed by atoms with van der Waals surface area (Å²) in [4.78, 5) is 13.0. The van der Waals surface area contributed by atoms with Crippen molar-refractivity contribution in [2.45, 2.75) is 32.6 Å². The van der Waals surface area contributed by atoms with E-state index in [4.69, 9.17) is 16.2 Å². The fourth-order valence-electron chi connectivity index (χ4n) is 1.52. The number of ether oxygens (including phenoxy) is 1. The van der Waals surface area contributed by atoms with Crippen molar-refractivity contribution in [2.24, 2.45) is 5.73 Å². The molecule has 2 heterocycles. The Hall–Kier alpha value is -1.64. The first-order chi connectivity index (χ1) is 8.69. The van der Waals surface area contributed by atoms with Crippen LogP contribution in [-0.4, -0.2) is 26.6 Å². The highest BCUT2D eigenvalue weighted by molar-refractivity contribution is 7.19. The maximum atomic E-state index is 12.0. The molecule has 0 aliphatic heterocycles. The summed E-state index contributed by atoms with van der Waals surface area (Å²) < 4.78 is 6.32. The van der Waals surface area contributed by atoms with Crippen molar-refractivity contribution in [3.05, 3.63) is 10.9 Å². The number of nitrogens with two attached hydrogens (primary N) is 2. The van der Waals surface area contributed by atoms with E-state index in [-0.39, 0.29) is 5.82 Å². The number of carbonyl (C=O) groups is 1. The van der Waals surface area contributed by atoms with Gasteiger partial charge in [-0.1, -0.05) is 0 Å². The maximum absolute atomic E-state index is 12.0. The first kappa shape index (κ1) is 13.8. The molecule has 8 heteroatoms. The lowest BCUT2D eigenvalue weighted by atomic mass is 10.2. The third-order valence-corrected chi connectivity index (χ3v) is 3.45. The molecule has 5 N–H and O–H groups in total. The zero-order valence-corrected chi connectivity index (χ0v) is 11.7. The Morgan fingerprint density at radius 3 is 2.74 bits per heavy atom. The fraction of sp³-hybridized carbons (Fsp3) is 0.455. The first-order valence-corrected chi connectivity index (χ1v) is 6.45. The fourth-order valence-corrected chi connectivity index (χ4v) is 2.52. The Morgan fingerprint density at radius 2 is 2.21 bits per heavy atom. The first-order valence-electron chi connectivity index (χ1n) is 5.64. The lowest BCUT2D eigenvalue weighted by molar-refractivity contribution is 0.0524. The van der Waals surface area contributed by atoms with Gasteiger partial charge >= 0.3 is 6.09 Å². The average Bonchev–Trinajstić information content (AvgIpc) is 2.76. The van der Waals surface area contributed by atoms with E-state index in [0.717, 1.165) is 16.0 Å². The number of fused-ring (bicyclic) bond motifs is 1. The predicted molar refractivity (Wildman–Crippen MR) is 72.8 cm³/mol. The largest absolute Gasteiger partial charge is 0.442 e. The molecular weight excluding hydrogens is 268 g/mol. The number of anilines is 1. The summed E-state index contributed by atoms with van der Waals surface area (Å²) >= 11 is 1.15. The smallest absolute Gasteiger partial charge is 0.436 e. The number of carbonyl (C=O) groups excluding carboxylic acids is 1. The van der Waals surface area contributed by atoms with Crippen LogP contribution in [0.5, 0.6) is 0 Å². The molecule has 0 aromatic carbocycles. The Labute approximate surface area is 113 Å². The standard InChI is InChI=1S/C11H16N4O3S/c1-11(2,3)18-10(17)15-9-5(7(12)14-15)4-6(19-9)8(13)16/h4,8,16H,13H2,1-3H3,(H2,12,14). The number of nitrogens with zero attached hydrogens (tertiary/aromatic N) is 2. The molecule has 0 fully saturated rings. The van der Waals surface area contributed by atoms with E-state index in [2.05, 4.69) is 5.10 Å². The van der Waals surface area contributed by atoms with Crippen molar-refractivity contribution < 1.29 is 14.6 Å². The number of hydrogen-bond acceptors (Lipinski definition) is 7. The van der Waals surface area contributed by atoms with Crippen LogP contribution >= 0.6 is 11.3 Å². The van der Waals surface area contributed by atoms with Crippen LogP contribution in [0, 0.1) is 0 Å². The SMILES string of the molecule is CC(C)(C)OC(=O)n1nc(N)c2cc(C(N)O)sc21. The van der Waals surface area contributed by atoms with E-state index in [1.54, 1.807) is 26.8 Å². The van der Waals surface area contributed by atoms with Crippen LogP contribution in [0.15, 0.2) is 6.07 Å². The number of aliphatic hydroxyl groups is 1. The minimum atomic E-state index is -1.11. The third kappa shape index (κ3) is 2.70. The summed E-state index contributed by atoms with van der Waals surface area (Å²) in [5.41, 5.74) is 10.5. The number of hydrogen-bond donors (Lipinski definition) is 3. The number of aliphatic hydroxyl groups excluding tert-OH is 1. The minimum absolute atomic E-state index is 0.198. The minimum Gasteiger partial charge on any atom is -0.442 e. The van der Waals surface area contributed by atoms with E-state index < -0.39 is 17.9 Å². The second-order valence-electron chi connectivity index (χ2n) is 5.09. The van der Waals surface area contributed by atoms with Gasteiger partial charge in [0.2, 0.25) is 0 Å². The van der Waals surface area contributed by atoms with Gasteiger partial charge in [-0.25, -0.2) is 4.79 Å². The summed E-state index contributed by atoms with van der Waals surface area (Å²) in [6.07, 6.45) is -1.72. The van der Waals surface area contributed by atoms with Gasteiger partial charge in [0.15, 0.2) is 5.82 Å². The molecule has 0 amide bonds. The molecule has 0 saturated heterocycles. The van der Waals surface area contributed by atoms with Gasteiger partial charge in [-0.2, -0.15) is 4.68 Å². The molecule has 2 aromatic rings. The lowest BCUT2D eigenvalue weighted by Crippen LogP contribution is -2.27. The van der Waals surface area contributed by atoms with E-state index in [1.165, 1.54) is 0 Å². The van der Waals surface area contributed by atoms with Crippen LogP contribution in [0.3, 0.4) is 0 Å². The summed E-state index contributed by atoms with van der Waals surface area (Å²) in [6, 6.07) is 1.62. The molecule has 1 atom stereocenters. The second-order valence-corrected chi connectivity index (χ2v) is 6.15. The van der Waals surface area contributed by atoms with Crippen LogP contribution in [0.25, 0.3) is 10.2 Å². The molecule has 0 aliphatic carbocycles. The van der Waals surface area contributed by atoms with Gasteiger partial charge in [-0.3, -0.25) is 0 Å². The zero-order valence-electron chi connectivity index (χ0n) is 10.9. The highest BCUT2D eigenvalue weighted by atomic mass is 32.1. The monoisotopic (exact) mass is 284 g/mol. The van der Waals surface area contributed by atoms with Crippen molar-refractivity contribution in [1.29, 1.82) is 0 Å². The molecule has 0 spiro atoms. The van der Waals surface area contributed by atoms with Gasteiger partial charge < -0.3 is 21.3 Å². The molecule has 0 aliphatic rings. The number of nitrogen functional groups attached to an aromatic ring is 1. The third-order valence-electron chi connectivity index (χ3n) is 2.27. The highest BCUT2D eigenvalue weighted by Gasteiger charge is 2.23. The van der Waals surface area contributed by atoms with Gasteiger partial charge in [0.25, 0.3) is 0 Å². The maximum Gasteiger partial charge on any atom is 0.436 e. The molecule has 1 unspecified atom stereocenters. The molecule has 2 rings (SSSR count). The predicted octanol–water partition coefficient (Wildman–Crippen LogP) is 1.41. The summed E-state index contributed by atoms with van der Waals surface area (Å²) in [5.74, 6) is 0.198. The highest BCUT2D eigenvalue weighted by Crippen LogP contribution is 2.32. The van der Waals surface area contributed by atoms with E-state index in [1.807, 2.05) is 0 Å². The Bertz CT molecular complexity index is 624. The molecule has 19 heavy (non-hydrogen) atoms. The van der Waals surface area contributed by atoms with Crippen LogP contribution in [0.4, 0.5) is 10.6 Å². The van der Waals surface area contributed by atoms with Gasteiger partial charge in [0, 0.05) is 0 Å². The molecule has 7 nitrogen and oxygen atoms in total. The van der Waals surface area contributed by atoms with Crippen molar-refractivity contribution in [3.63, 3.8) is 0 Å². The summed E-state index contributed by atoms with van der Waals surface area (Å²) in [7, 11) is 0. The van der Waals surface area contributed by atoms with Crippen molar-refractivity contribution in [1.82, 2.24) is 9.78 Å². The van der Waals surface area contributed by atoms with Crippen LogP contribution in [0.2, 0.25) is 0 Å². The Kier molecular flexibility index (Phi) is 3.25. The van der Waals surface area contributed by atoms with Crippen molar-refractivity contribution >= 4 is 33.5 Å². The van der Waals surface area contributed by atoms with E-state index >= 15 is 0 Å². The molecular formula is C11H16N4O3S. The molecule has 0 saturated carbocycles. The molecule has 0 bridgehead atoms. The van der Waals surface area contributed by atoms with Crippen LogP contribution in [-0.2, 0) is 4.74 Å². The molecule has 104 valence electrons. The lowest BCUT2D eigenvalue weighted by Gasteiger charge is -2.18. The van der Waals surface area contributed by atoms with Crippen molar-refractivity contribution in [2.75, 3.05) is 5.73 Å². The van der Waals surface area contributed by atoms with Gasteiger partial charge in [0.05, 0.1) is 10.3 Å². The molecule has 2 aromatic heterocycles. The number of thiophene rings is 1. The van der Waals surface area contributed by atoms with Gasteiger partial charge in [-0.05, 0) is 26.8 Å². The van der Waals surface area contributed by atoms with Crippen molar-refractivity contribution in [3.8, 4) is 0 Å². The van der Waals surface area contributed by atoms with Gasteiger partial charge in [-0.15, -0.1) is 16.4 Å². The zero-order chi connectivity index (χ0) is 14.4. The van der Waals surface area contributed by atoms with Gasteiger partial charge in [0.1, 0.15) is 16.7 Å². The summed E-state index contributed by atoms with van der Waals surface area (Å²) in [5, 5.41) is 13.9. The normalized spacial score (nSPS) is 13.7. The van der Waals surface area contributed by atoms with E-state index in [0.29, 0.717) is 15.1 Å². The quantitative estimate of drug-likeness (QED) is 0.682. The van der Waals surface area contributed by atoms with Crippen LogP contribution in [0.1, 0.15) is 31.9 Å². The van der Waals surface area contributed by atoms with Crippen LogP contribution < -0.4 is 11.5 Å². The topological polar surface area (TPSA) is 116 Å². The molecule has 0 radical (unpaired) electrons. The Balaban J connectivity index is 2.46. The Morgan fingerprint density at radius 1 is 1.58 bits per heavy atom. The average molecular weight is 284 g/mol.